The summed E-state index contributed by atoms with van der Waals surface area (Å²) in [7, 11) is 0. The van der Waals surface area contributed by atoms with Crippen molar-refractivity contribution >= 4 is 11.8 Å². The van der Waals surface area contributed by atoms with E-state index in [9.17, 15) is 0 Å². The molecule has 5 saturated carbocycles. The number of rotatable bonds is 3. The molecule has 0 aromatic rings. The summed E-state index contributed by atoms with van der Waals surface area (Å²) in [5.41, 5.74) is 0. The van der Waals surface area contributed by atoms with Crippen LogP contribution in [0.4, 0.5) is 0 Å². The van der Waals surface area contributed by atoms with Gasteiger partial charge < -0.3 is 0 Å². The number of likely N-dealkylation sites (tertiary alicyclic amines) is 1. The van der Waals surface area contributed by atoms with Gasteiger partial charge in [-0.25, -0.2) is 10.0 Å². The smallest absolute Gasteiger partial charge is 0.0318 e. The molecule has 4 aliphatic heterocycles. The summed E-state index contributed by atoms with van der Waals surface area (Å²) in [6.45, 7) is 1.37. The second kappa shape index (κ2) is 11.3. The maximum atomic E-state index is 3.24. The van der Waals surface area contributed by atoms with Gasteiger partial charge >= 0.3 is 0 Å². The first-order chi connectivity index (χ1) is 21.3. The van der Waals surface area contributed by atoms with E-state index in [-0.39, 0.29) is 0 Å². The highest BCUT2D eigenvalue weighted by atomic mass is 32.2. The average Bonchev–Trinajstić information content (AvgIpc) is 3.69. The average molecular weight is 604 g/mol. The minimum Gasteiger partial charge on any atom is -0.294 e. The standard InChI is InChI=1S/C39H61N3S/c1-5-13-33-27(9-1)28-10-2-6-14-34(28)41(33)26-19-17-25(18-20-26)32-23-24-40(32)42-35-15-7-3-12-31(35)38-36(42)22-21-30-29-11-4-8-16-37(29)43-39(30)38/h3,12,25-39H,1-2,4-11,13-24H2. The first kappa shape index (κ1) is 28.0. The second-order valence-corrected chi connectivity index (χ2v) is 19.0. The van der Waals surface area contributed by atoms with Crippen molar-refractivity contribution in [1.29, 1.82) is 0 Å². The Balaban J connectivity index is 0.846. The molecule has 0 aromatic heterocycles. The highest BCUT2D eigenvalue weighted by Crippen LogP contribution is 2.62. The molecule has 0 radical (unpaired) electrons. The SMILES string of the molecule is C1=CC2C3C4SC5CCCCC5C4CCC3N(N3CCC3C3CCC(N4C5CCCCC5C5CCCCC54)CC3)C2CC1. The number of fused-ring (bicyclic) bond motifs is 10. The van der Waals surface area contributed by atoms with Gasteiger partial charge in [0.05, 0.1) is 0 Å². The van der Waals surface area contributed by atoms with Crippen LogP contribution in [0.2, 0.25) is 0 Å². The molecule has 238 valence electrons. The molecule has 4 heteroatoms. The lowest BCUT2D eigenvalue weighted by Gasteiger charge is -2.56. The van der Waals surface area contributed by atoms with Crippen LogP contribution < -0.4 is 0 Å². The predicted octanol–water partition coefficient (Wildman–Crippen LogP) is 8.69. The summed E-state index contributed by atoms with van der Waals surface area (Å²) >= 11 is 2.52. The van der Waals surface area contributed by atoms with Gasteiger partial charge in [0.15, 0.2) is 0 Å². The number of thioether (sulfide) groups is 1. The van der Waals surface area contributed by atoms with E-state index in [1.54, 1.807) is 25.7 Å². The maximum absolute atomic E-state index is 3.24. The Morgan fingerprint density at radius 2 is 1.26 bits per heavy atom. The lowest BCUT2D eigenvalue weighted by Crippen LogP contribution is -2.64. The molecule has 13 atom stereocenters. The van der Waals surface area contributed by atoms with Crippen LogP contribution in [0.1, 0.15) is 135 Å². The Morgan fingerprint density at radius 1 is 0.535 bits per heavy atom. The first-order valence-corrected chi connectivity index (χ1v) is 20.9. The molecule has 4 heterocycles. The highest BCUT2D eigenvalue weighted by molar-refractivity contribution is 8.00. The Kier molecular flexibility index (Phi) is 7.36. The van der Waals surface area contributed by atoms with Crippen LogP contribution in [0.15, 0.2) is 12.2 Å². The quantitative estimate of drug-likeness (QED) is 0.299. The van der Waals surface area contributed by atoms with E-state index in [1.807, 2.05) is 0 Å². The van der Waals surface area contributed by atoms with E-state index in [4.69, 9.17) is 0 Å². The van der Waals surface area contributed by atoms with Crippen molar-refractivity contribution in [2.45, 2.75) is 182 Å². The highest BCUT2D eigenvalue weighted by Gasteiger charge is 2.62. The zero-order valence-electron chi connectivity index (χ0n) is 27.1. The van der Waals surface area contributed by atoms with Gasteiger partial charge in [0.25, 0.3) is 0 Å². The van der Waals surface area contributed by atoms with Gasteiger partial charge in [-0.15, -0.1) is 0 Å². The lowest BCUT2D eigenvalue weighted by molar-refractivity contribution is -0.177. The monoisotopic (exact) mass is 603 g/mol. The van der Waals surface area contributed by atoms with Crippen LogP contribution in [0.3, 0.4) is 0 Å². The van der Waals surface area contributed by atoms with Crippen LogP contribution in [-0.2, 0) is 0 Å². The number of hydrogen-bond acceptors (Lipinski definition) is 4. The third-order valence-electron chi connectivity index (χ3n) is 16.2. The summed E-state index contributed by atoms with van der Waals surface area (Å²) in [6.07, 6.45) is 37.1. The first-order valence-electron chi connectivity index (χ1n) is 20.0. The van der Waals surface area contributed by atoms with Crippen molar-refractivity contribution in [3.63, 3.8) is 0 Å². The third kappa shape index (κ3) is 4.36. The molecule has 0 aromatic carbocycles. The largest absolute Gasteiger partial charge is 0.294 e. The summed E-state index contributed by atoms with van der Waals surface area (Å²) in [5, 5.41) is 8.19. The molecule has 10 rings (SSSR count). The molecular weight excluding hydrogens is 543 g/mol. The molecule has 3 nitrogen and oxygen atoms in total. The van der Waals surface area contributed by atoms with E-state index in [2.05, 4.69) is 38.8 Å². The van der Waals surface area contributed by atoms with E-state index >= 15 is 0 Å². The van der Waals surface area contributed by atoms with Gasteiger partial charge in [0.1, 0.15) is 0 Å². The van der Waals surface area contributed by atoms with E-state index in [1.165, 1.54) is 116 Å². The predicted molar refractivity (Wildman–Crippen MR) is 179 cm³/mol. The summed E-state index contributed by atoms with van der Waals surface area (Å²) in [4.78, 5) is 3.24. The fourth-order valence-electron chi connectivity index (χ4n) is 14.6. The van der Waals surface area contributed by atoms with Crippen molar-refractivity contribution in [2.24, 2.45) is 41.4 Å². The fourth-order valence-corrected chi connectivity index (χ4v) is 16.9. The van der Waals surface area contributed by atoms with Crippen LogP contribution in [0.25, 0.3) is 0 Å². The number of hydrogen-bond donors (Lipinski definition) is 0. The molecule has 43 heavy (non-hydrogen) atoms. The zero-order valence-corrected chi connectivity index (χ0v) is 27.9. The molecular formula is C39H61N3S. The molecule has 10 aliphatic rings. The summed E-state index contributed by atoms with van der Waals surface area (Å²) < 4.78 is 0. The number of hydrazine groups is 1. The Hall–Kier alpha value is -0.0300. The molecule has 6 aliphatic carbocycles. The normalized spacial score (nSPS) is 55.0. The maximum Gasteiger partial charge on any atom is 0.0318 e. The third-order valence-corrected chi connectivity index (χ3v) is 18.1. The van der Waals surface area contributed by atoms with E-state index in [0.717, 1.165) is 88.2 Å². The Morgan fingerprint density at radius 3 is 2.00 bits per heavy atom. The Labute approximate surface area is 267 Å². The molecule has 9 fully saturated rings. The second-order valence-electron chi connectivity index (χ2n) is 17.6. The zero-order chi connectivity index (χ0) is 28.1. The van der Waals surface area contributed by atoms with Crippen molar-refractivity contribution in [1.82, 2.24) is 14.9 Å². The minimum absolute atomic E-state index is 0.817. The Bertz CT molecular complexity index is 1030. The molecule has 0 bridgehead atoms. The fraction of sp³-hybridized carbons (Fsp3) is 0.949. The van der Waals surface area contributed by atoms with Crippen molar-refractivity contribution in [2.75, 3.05) is 6.54 Å². The van der Waals surface area contributed by atoms with Crippen LogP contribution in [0.5, 0.6) is 0 Å². The molecule has 0 amide bonds. The molecule has 0 N–H and O–H groups in total. The molecule has 13 unspecified atom stereocenters. The van der Waals surface area contributed by atoms with Gasteiger partial charge in [-0.1, -0.05) is 50.7 Å². The minimum atomic E-state index is 0.817. The van der Waals surface area contributed by atoms with Crippen LogP contribution >= 0.6 is 11.8 Å². The van der Waals surface area contributed by atoms with Gasteiger partial charge in [-0.05, 0) is 138 Å². The van der Waals surface area contributed by atoms with Gasteiger partial charge in [0.2, 0.25) is 0 Å². The van der Waals surface area contributed by atoms with E-state index in [0.29, 0.717) is 0 Å². The number of nitrogens with zero attached hydrogens (tertiary/aromatic N) is 3. The summed E-state index contributed by atoms with van der Waals surface area (Å²) in [5.74, 6) is 7.00. The van der Waals surface area contributed by atoms with Crippen molar-refractivity contribution in [3.8, 4) is 0 Å². The van der Waals surface area contributed by atoms with Crippen LogP contribution in [-0.4, -0.2) is 68.2 Å². The molecule has 4 saturated heterocycles. The van der Waals surface area contributed by atoms with Crippen molar-refractivity contribution in [3.05, 3.63) is 12.2 Å². The van der Waals surface area contributed by atoms with E-state index < -0.39 is 0 Å². The van der Waals surface area contributed by atoms with Crippen LogP contribution in [0, 0.1) is 41.4 Å². The van der Waals surface area contributed by atoms with Gasteiger partial charge in [-0.2, -0.15) is 11.8 Å². The van der Waals surface area contributed by atoms with Gasteiger partial charge in [-0.3, -0.25) is 4.90 Å². The van der Waals surface area contributed by atoms with Crippen molar-refractivity contribution < 1.29 is 0 Å². The topological polar surface area (TPSA) is 9.72 Å². The summed E-state index contributed by atoms with van der Waals surface area (Å²) in [6, 6.07) is 5.39. The lowest BCUT2D eigenvalue weighted by atomic mass is 9.66. The molecule has 0 spiro atoms. The number of allylic oxidation sites excluding steroid dienone is 1. The van der Waals surface area contributed by atoms with Gasteiger partial charge in [0, 0.05) is 53.3 Å².